The van der Waals surface area contributed by atoms with Crippen molar-refractivity contribution in [2.24, 2.45) is 0 Å². The van der Waals surface area contributed by atoms with Crippen molar-refractivity contribution in [3.05, 3.63) is 68.7 Å². The van der Waals surface area contributed by atoms with Gasteiger partial charge in [0.1, 0.15) is 29.0 Å². The Morgan fingerprint density at radius 1 is 1.24 bits per heavy atom. The molecule has 1 aliphatic heterocycles. The van der Waals surface area contributed by atoms with Gasteiger partial charge in [-0.2, -0.15) is 0 Å². The molecule has 0 radical (unpaired) electrons. The summed E-state index contributed by atoms with van der Waals surface area (Å²) in [4.78, 5) is 47.7. The van der Waals surface area contributed by atoms with E-state index < -0.39 is 23.4 Å². The topological polar surface area (TPSA) is 109 Å². The molecule has 1 amide bonds. The zero-order chi connectivity index (χ0) is 26.3. The number of carbonyl (C=O) groups excluding carboxylic acids is 1. The molecule has 37 heavy (non-hydrogen) atoms. The van der Waals surface area contributed by atoms with Crippen molar-refractivity contribution in [3.63, 3.8) is 0 Å². The van der Waals surface area contributed by atoms with Gasteiger partial charge in [0, 0.05) is 25.8 Å². The number of amides is 1. The minimum atomic E-state index is -0.859. The van der Waals surface area contributed by atoms with Crippen LogP contribution in [0.2, 0.25) is 0 Å². The summed E-state index contributed by atoms with van der Waals surface area (Å²) in [6.45, 7) is 4.68. The number of aromatic nitrogens is 3. The minimum Gasteiger partial charge on any atom is -0.496 e. The number of fused-ring (bicyclic) bond motifs is 1. The van der Waals surface area contributed by atoms with Gasteiger partial charge in [0.15, 0.2) is 0 Å². The quantitative estimate of drug-likeness (QED) is 0.348. The Kier molecular flexibility index (Phi) is 6.74. The molecular weight excluding hydrogens is 496 g/mol. The van der Waals surface area contributed by atoms with Crippen LogP contribution in [0.1, 0.15) is 36.6 Å². The summed E-state index contributed by atoms with van der Waals surface area (Å²) >= 11 is 1.27. The predicted octanol–water partition coefficient (Wildman–Crippen LogP) is 3.38. The third-order valence-electron chi connectivity index (χ3n) is 6.78. The molecule has 10 nitrogen and oxygen atoms in total. The Bertz CT molecular complexity index is 1570. The smallest absolute Gasteiger partial charge is 0.332 e. The molecule has 1 fully saturated rings. The molecule has 0 bridgehead atoms. The van der Waals surface area contributed by atoms with Crippen molar-refractivity contribution in [2.75, 3.05) is 27.3 Å². The van der Waals surface area contributed by atoms with Crippen LogP contribution in [0.15, 0.2) is 50.7 Å². The van der Waals surface area contributed by atoms with Crippen molar-refractivity contribution < 1.29 is 18.7 Å². The van der Waals surface area contributed by atoms with Crippen LogP contribution < -0.4 is 16.0 Å². The highest BCUT2D eigenvalue weighted by Crippen LogP contribution is 2.37. The van der Waals surface area contributed by atoms with Crippen LogP contribution in [0.25, 0.3) is 21.0 Å². The van der Waals surface area contributed by atoms with E-state index in [1.165, 1.54) is 23.8 Å². The number of oxazole rings is 1. The lowest BCUT2D eigenvalue weighted by molar-refractivity contribution is -0.129. The molecule has 0 aliphatic carbocycles. The van der Waals surface area contributed by atoms with Gasteiger partial charge in [0.2, 0.25) is 11.8 Å². The molecule has 1 aliphatic rings. The zero-order valence-electron chi connectivity index (χ0n) is 21.1. The summed E-state index contributed by atoms with van der Waals surface area (Å²) in [6.07, 6.45) is 2.84. The average molecular weight is 525 g/mol. The molecule has 0 N–H and O–H groups in total. The van der Waals surface area contributed by atoms with E-state index in [0.717, 1.165) is 10.1 Å². The van der Waals surface area contributed by atoms with Crippen molar-refractivity contribution in [2.45, 2.75) is 39.0 Å². The number of methoxy groups -OCH3 is 1. The van der Waals surface area contributed by atoms with Crippen molar-refractivity contribution >= 4 is 27.5 Å². The normalized spacial score (nSPS) is 16.6. The van der Waals surface area contributed by atoms with E-state index in [4.69, 9.17) is 13.9 Å². The molecule has 0 saturated carbocycles. The van der Waals surface area contributed by atoms with Crippen LogP contribution in [0.4, 0.5) is 0 Å². The van der Waals surface area contributed by atoms with Crippen LogP contribution >= 0.6 is 11.3 Å². The van der Waals surface area contributed by atoms with Crippen LogP contribution in [-0.4, -0.2) is 52.2 Å². The fourth-order valence-electron chi connectivity index (χ4n) is 4.92. The molecule has 1 aromatic carbocycles. The van der Waals surface area contributed by atoms with E-state index in [2.05, 4.69) is 4.98 Å². The van der Waals surface area contributed by atoms with Gasteiger partial charge in [0.05, 0.1) is 30.1 Å². The SMILES string of the molecule is CCO[C@@H](Cn1c(=O)n(C2CCN(C)C2=O)c(=O)c2c(C)c(-c3ncco3)sc21)c1ccccc1OC. The molecule has 1 saturated heterocycles. The van der Waals surface area contributed by atoms with Crippen LogP contribution in [0.3, 0.4) is 0 Å². The fourth-order valence-corrected chi connectivity index (χ4v) is 6.17. The number of thiophene rings is 1. The first-order chi connectivity index (χ1) is 17.9. The number of hydrogen-bond donors (Lipinski definition) is 0. The second-order valence-electron chi connectivity index (χ2n) is 8.89. The number of hydrogen-bond acceptors (Lipinski definition) is 8. The number of nitrogens with zero attached hydrogens (tertiary/aromatic N) is 4. The standard InChI is InChI=1S/C26H28N4O6S/c1-5-35-19(16-8-6-7-9-18(16)34-4)14-29-25-20(15(2)21(37-25)22-27-11-13-36-22)24(32)30(26(29)33)17-10-12-28(3)23(17)31/h6-9,11,13,17,19H,5,10,12,14H2,1-4H3/t17?,19-/m0/s1. The first-order valence-electron chi connectivity index (χ1n) is 12.0. The van der Waals surface area contributed by atoms with Crippen molar-refractivity contribution in [1.82, 2.24) is 19.0 Å². The summed E-state index contributed by atoms with van der Waals surface area (Å²) in [5, 5.41) is 0.371. The van der Waals surface area contributed by atoms with Crippen molar-refractivity contribution in [3.8, 4) is 16.5 Å². The van der Waals surface area contributed by atoms with Crippen LogP contribution in [0.5, 0.6) is 5.75 Å². The molecule has 3 aromatic heterocycles. The van der Waals surface area contributed by atoms with Gasteiger partial charge < -0.3 is 18.8 Å². The largest absolute Gasteiger partial charge is 0.496 e. The molecule has 4 aromatic rings. The molecule has 4 heterocycles. The van der Waals surface area contributed by atoms with E-state index in [1.54, 1.807) is 23.6 Å². The van der Waals surface area contributed by atoms with E-state index in [1.807, 2.05) is 38.1 Å². The van der Waals surface area contributed by atoms with E-state index in [0.29, 0.717) is 51.9 Å². The summed E-state index contributed by atoms with van der Waals surface area (Å²) in [5.41, 5.74) is 0.397. The second-order valence-corrected chi connectivity index (χ2v) is 9.89. The van der Waals surface area contributed by atoms with E-state index in [9.17, 15) is 14.4 Å². The number of aryl methyl sites for hydroxylation is 1. The molecular formula is C26H28N4O6S. The minimum absolute atomic E-state index is 0.117. The highest BCUT2D eigenvalue weighted by molar-refractivity contribution is 7.22. The first-order valence-corrected chi connectivity index (χ1v) is 12.9. The summed E-state index contributed by atoms with van der Waals surface area (Å²) in [5.74, 6) is 0.748. The fraction of sp³-hybridized carbons (Fsp3) is 0.385. The van der Waals surface area contributed by atoms with E-state index in [-0.39, 0.29) is 12.5 Å². The predicted molar refractivity (Wildman–Crippen MR) is 139 cm³/mol. The molecule has 0 spiro atoms. The number of para-hydroxylation sites is 1. The summed E-state index contributed by atoms with van der Waals surface area (Å²) < 4.78 is 19.8. The van der Waals surface area contributed by atoms with Crippen LogP contribution in [-0.2, 0) is 16.1 Å². The van der Waals surface area contributed by atoms with Gasteiger partial charge in [-0.15, -0.1) is 11.3 Å². The lowest BCUT2D eigenvalue weighted by Gasteiger charge is -2.22. The van der Waals surface area contributed by atoms with Gasteiger partial charge >= 0.3 is 5.69 Å². The van der Waals surface area contributed by atoms with Gasteiger partial charge in [-0.25, -0.2) is 14.3 Å². The molecule has 194 valence electrons. The molecule has 5 rings (SSSR count). The zero-order valence-corrected chi connectivity index (χ0v) is 21.9. The number of likely N-dealkylation sites (tertiary alicyclic amines) is 1. The van der Waals surface area contributed by atoms with Crippen molar-refractivity contribution in [1.29, 1.82) is 0 Å². The summed E-state index contributed by atoms with van der Waals surface area (Å²) in [7, 11) is 3.26. The number of benzene rings is 1. The number of likely N-dealkylation sites (N-methyl/N-ethyl adjacent to an activating group) is 1. The van der Waals surface area contributed by atoms with Gasteiger partial charge in [-0.05, 0) is 31.9 Å². The number of carbonyl (C=O) groups is 1. The summed E-state index contributed by atoms with van der Waals surface area (Å²) in [6, 6.07) is 6.62. The number of rotatable bonds is 8. The highest BCUT2D eigenvalue weighted by Gasteiger charge is 2.35. The van der Waals surface area contributed by atoms with Gasteiger partial charge in [0.25, 0.3) is 5.56 Å². The Hall–Kier alpha value is -3.70. The maximum Gasteiger partial charge on any atom is 0.332 e. The Morgan fingerprint density at radius 3 is 2.68 bits per heavy atom. The highest BCUT2D eigenvalue weighted by atomic mass is 32.1. The lowest BCUT2D eigenvalue weighted by Crippen LogP contribution is -2.44. The van der Waals surface area contributed by atoms with Crippen LogP contribution in [0, 0.1) is 6.92 Å². The third-order valence-corrected chi connectivity index (χ3v) is 8.09. The molecule has 2 atom stereocenters. The molecule has 11 heteroatoms. The van der Waals surface area contributed by atoms with E-state index >= 15 is 0 Å². The Morgan fingerprint density at radius 2 is 2.03 bits per heavy atom. The maximum atomic E-state index is 14.0. The Balaban J connectivity index is 1.77. The third kappa shape index (κ3) is 4.17. The molecule has 1 unspecified atom stereocenters. The maximum absolute atomic E-state index is 14.0. The van der Waals surface area contributed by atoms with Gasteiger partial charge in [-0.1, -0.05) is 18.2 Å². The number of ether oxygens (including phenoxy) is 2. The van der Waals surface area contributed by atoms with Gasteiger partial charge in [-0.3, -0.25) is 14.2 Å². The average Bonchev–Trinajstić information content (AvgIpc) is 3.62. The Labute approximate surface area is 216 Å². The lowest BCUT2D eigenvalue weighted by atomic mass is 10.1. The second kappa shape index (κ2) is 9.98. The monoisotopic (exact) mass is 524 g/mol. The first kappa shape index (κ1) is 25.0.